The lowest BCUT2D eigenvalue weighted by molar-refractivity contribution is -0.142. The van der Waals surface area contributed by atoms with Crippen molar-refractivity contribution in [3.8, 4) is 0 Å². The molecule has 3 N–H and O–H groups in total. The molecule has 3 amide bonds. The summed E-state index contributed by atoms with van der Waals surface area (Å²) >= 11 is 8.05. The number of carbonyl (C=O) groups is 3. The summed E-state index contributed by atoms with van der Waals surface area (Å²) in [5, 5.41) is 16.8. The van der Waals surface area contributed by atoms with Crippen LogP contribution in [0.1, 0.15) is 39.2 Å². The highest BCUT2D eigenvalue weighted by molar-refractivity contribution is 8.02. The normalized spacial score (nSPS) is 30.4. The van der Waals surface area contributed by atoms with Crippen molar-refractivity contribution in [3.63, 3.8) is 0 Å². The third kappa shape index (κ3) is 4.12. The molecular formula is C29H34ClN3O4S. The van der Waals surface area contributed by atoms with Crippen LogP contribution in [0, 0.1) is 24.7 Å². The zero-order valence-corrected chi connectivity index (χ0v) is 23.6. The minimum absolute atomic E-state index is 0.0918. The van der Waals surface area contributed by atoms with Crippen LogP contribution in [-0.2, 0) is 14.4 Å². The number of benzene rings is 2. The molecule has 9 heteroatoms. The second kappa shape index (κ2) is 9.88. The van der Waals surface area contributed by atoms with Gasteiger partial charge < -0.3 is 20.6 Å². The number of aryl methyl sites for hydroxylation is 1. The number of para-hydroxylation sites is 2. The lowest BCUT2D eigenvalue weighted by Gasteiger charge is -2.38. The van der Waals surface area contributed by atoms with Crippen LogP contribution in [0.5, 0.6) is 0 Å². The SMILES string of the molecule is Cc1cccc(Cl)c1NC(=O)C1N([C@@H](CO)C(C)C)C(=O)[C@@H]2[C@H](C(=O)Nc3ccccc3)[C@]3(C)CCC12S3. The number of hydrogen-bond acceptors (Lipinski definition) is 5. The van der Waals surface area contributed by atoms with Crippen LogP contribution in [0.2, 0.25) is 5.02 Å². The van der Waals surface area contributed by atoms with E-state index in [0.29, 0.717) is 29.2 Å². The number of likely N-dealkylation sites (tertiary alicyclic amines) is 1. The van der Waals surface area contributed by atoms with Crippen LogP contribution in [0.25, 0.3) is 0 Å². The predicted octanol–water partition coefficient (Wildman–Crippen LogP) is 4.72. The van der Waals surface area contributed by atoms with Gasteiger partial charge in [-0.05, 0) is 56.4 Å². The molecule has 0 aliphatic carbocycles. The van der Waals surface area contributed by atoms with E-state index in [1.165, 1.54) is 0 Å². The number of aliphatic hydroxyl groups is 1. The highest BCUT2D eigenvalue weighted by Gasteiger charge is 2.77. The van der Waals surface area contributed by atoms with E-state index in [9.17, 15) is 19.5 Å². The molecule has 3 aliphatic rings. The lowest BCUT2D eigenvalue weighted by atomic mass is 9.66. The van der Waals surface area contributed by atoms with Crippen LogP contribution in [-0.4, -0.2) is 55.9 Å². The topological polar surface area (TPSA) is 98.7 Å². The quantitative estimate of drug-likeness (QED) is 0.459. The minimum Gasteiger partial charge on any atom is -0.394 e. The molecule has 3 fully saturated rings. The van der Waals surface area contributed by atoms with E-state index in [4.69, 9.17) is 11.6 Å². The first-order valence-electron chi connectivity index (χ1n) is 13.1. The Hall–Kier alpha value is -2.55. The maximum atomic E-state index is 14.3. The molecule has 0 saturated carbocycles. The molecule has 7 nitrogen and oxygen atoms in total. The number of fused-ring (bicyclic) bond motifs is 1. The molecule has 2 aromatic carbocycles. The van der Waals surface area contributed by atoms with Crippen molar-refractivity contribution >= 4 is 52.5 Å². The molecule has 3 saturated heterocycles. The third-order valence-electron chi connectivity index (χ3n) is 8.57. The van der Waals surface area contributed by atoms with Crippen LogP contribution in [0.4, 0.5) is 11.4 Å². The van der Waals surface area contributed by atoms with Gasteiger partial charge in [-0.3, -0.25) is 14.4 Å². The molecule has 1 spiro atoms. The van der Waals surface area contributed by atoms with E-state index in [1.807, 2.05) is 70.2 Å². The van der Waals surface area contributed by atoms with E-state index in [1.54, 1.807) is 22.7 Å². The number of aliphatic hydroxyl groups excluding tert-OH is 1. The number of rotatable bonds is 7. The van der Waals surface area contributed by atoms with Gasteiger partial charge in [0.05, 0.1) is 39.9 Å². The van der Waals surface area contributed by atoms with E-state index in [2.05, 4.69) is 10.6 Å². The van der Waals surface area contributed by atoms with Crippen molar-refractivity contribution in [3.05, 3.63) is 59.1 Å². The first-order chi connectivity index (χ1) is 18.0. The van der Waals surface area contributed by atoms with Crippen molar-refractivity contribution in [2.24, 2.45) is 17.8 Å². The summed E-state index contributed by atoms with van der Waals surface area (Å²) in [6.07, 6.45) is 1.34. The lowest BCUT2D eigenvalue weighted by Crippen LogP contribution is -2.56. The number of halogens is 1. The van der Waals surface area contributed by atoms with Crippen LogP contribution in [0.15, 0.2) is 48.5 Å². The van der Waals surface area contributed by atoms with Gasteiger partial charge in [-0.25, -0.2) is 0 Å². The van der Waals surface area contributed by atoms with Crippen LogP contribution in [0.3, 0.4) is 0 Å². The number of nitrogens with one attached hydrogen (secondary N) is 2. The Morgan fingerprint density at radius 3 is 2.45 bits per heavy atom. The number of thioether (sulfide) groups is 1. The molecule has 38 heavy (non-hydrogen) atoms. The predicted molar refractivity (Wildman–Crippen MR) is 151 cm³/mol. The monoisotopic (exact) mass is 555 g/mol. The summed E-state index contributed by atoms with van der Waals surface area (Å²) in [6, 6.07) is 13.2. The van der Waals surface area contributed by atoms with Crippen molar-refractivity contribution in [1.29, 1.82) is 0 Å². The minimum atomic E-state index is -0.850. The van der Waals surface area contributed by atoms with E-state index in [-0.39, 0.29) is 30.2 Å². The molecule has 2 bridgehead atoms. The Balaban J connectivity index is 1.57. The number of nitrogens with zero attached hydrogens (tertiary/aromatic N) is 1. The molecule has 0 aromatic heterocycles. The standard InChI is InChI=1S/C29H34ClN3O4S/c1-16(2)20(15-34)33-24(26(36)32-23-17(3)9-8-12-19(23)30)29-14-13-28(4,38-29)21(22(29)27(33)37)25(35)31-18-10-6-5-7-11-18/h5-12,16,20-22,24,34H,13-15H2,1-4H3,(H,31,35)(H,32,36)/t20-,21+,22-,24?,28-,29?/m0/s1. The highest BCUT2D eigenvalue weighted by atomic mass is 35.5. The Morgan fingerprint density at radius 1 is 1.11 bits per heavy atom. The molecule has 6 atom stereocenters. The van der Waals surface area contributed by atoms with Crippen molar-refractivity contribution in [2.45, 2.75) is 62.1 Å². The third-order valence-corrected chi connectivity index (χ3v) is 10.9. The Labute approximate surface area is 232 Å². The number of carbonyl (C=O) groups excluding carboxylic acids is 3. The number of hydrogen-bond donors (Lipinski definition) is 3. The summed E-state index contributed by atoms with van der Waals surface area (Å²) in [4.78, 5) is 43.8. The summed E-state index contributed by atoms with van der Waals surface area (Å²) < 4.78 is -1.28. The average Bonchev–Trinajstić information content (AvgIpc) is 3.43. The van der Waals surface area contributed by atoms with Gasteiger partial charge in [0.15, 0.2) is 0 Å². The Morgan fingerprint density at radius 2 is 1.82 bits per heavy atom. The van der Waals surface area contributed by atoms with Crippen molar-refractivity contribution in [2.75, 3.05) is 17.2 Å². The number of amides is 3. The maximum absolute atomic E-state index is 14.3. The summed E-state index contributed by atoms with van der Waals surface area (Å²) in [5.74, 6) is -2.16. The molecular weight excluding hydrogens is 522 g/mol. The van der Waals surface area contributed by atoms with Gasteiger partial charge in [0, 0.05) is 10.4 Å². The van der Waals surface area contributed by atoms with Crippen molar-refractivity contribution < 1.29 is 19.5 Å². The Bertz CT molecular complexity index is 1250. The van der Waals surface area contributed by atoms with Crippen LogP contribution >= 0.6 is 23.4 Å². The molecule has 2 aromatic rings. The zero-order chi connectivity index (χ0) is 27.4. The summed E-state index contributed by atoms with van der Waals surface area (Å²) in [6.45, 7) is 7.49. The maximum Gasteiger partial charge on any atom is 0.248 e. The molecule has 202 valence electrons. The van der Waals surface area contributed by atoms with Gasteiger partial charge in [-0.15, -0.1) is 11.8 Å². The van der Waals surface area contributed by atoms with Gasteiger partial charge in [-0.2, -0.15) is 0 Å². The fraction of sp³-hybridized carbons (Fsp3) is 0.483. The fourth-order valence-corrected chi connectivity index (χ4v) is 9.38. The van der Waals surface area contributed by atoms with E-state index >= 15 is 0 Å². The zero-order valence-electron chi connectivity index (χ0n) is 22.0. The average molecular weight is 556 g/mol. The first-order valence-corrected chi connectivity index (χ1v) is 14.3. The fourth-order valence-electron chi connectivity index (χ4n) is 6.76. The van der Waals surface area contributed by atoms with Gasteiger partial charge in [0.2, 0.25) is 17.7 Å². The largest absolute Gasteiger partial charge is 0.394 e. The van der Waals surface area contributed by atoms with Gasteiger partial charge in [-0.1, -0.05) is 55.8 Å². The Kier molecular flexibility index (Phi) is 7.03. The van der Waals surface area contributed by atoms with E-state index < -0.39 is 33.4 Å². The number of anilines is 2. The first kappa shape index (κ1) is 27.0. The summed E-state index contributed by atoms with van der Waals surface area (Å²) in [5.41, 5.74) is 2.00. The van der Waals surface area contributed by atoms with Gasteiger partial charge in [0.1, 0.15) is 6.04 Å². The van der Waals surface area contributed by atoms with Crippen LogP contribution < -0.4 is 10.6 Å². The second-order valence-electron chi connectivity index (χ2n) is 11.2. The van der Waals surface area contributed by atoms with Crippen molar-refractivity contribution in [1.82, 2.24) is 4.90 Å². The highest BCUT2D eigenvalue weighted by Crippen LogP contribution is 2.71. The molecule has 3 aliphatic heterocycles. The molecule has 0 radical (unpaired) electrons. The summed E-state index contributed by atoms with van der Waals surface area (Å²) in [7, 11) is 0. The van der Waals surface area contributed by atoms with Gasteiger partial charge in [0.25, 0.3) is 0 Å². The molecule has 2 unspecified atom stereocenters. The van der Waals surface area contributed by atoms with E-state index in [0.717, 1.165) is 5.56 Å². The van der Waals surface area contributed by atoms with Gasteiger partial charge >= 0.3 is 0 Å². The molecule has 3 heterocycles. The second-order valence-corrected chi connectivity index (χ2v) is 13.5. The smallest absolute Gasteiger partial charge is 0.248 e. The molecule has 5 rings (SSSR count).